The van der Waals surface area contributed by atoms with E-state index in [1.807, 2.05) is 36.4 Å². The minimum atomic E-state index is -0.359. The summed E-state index contributed by atoms with van der Waals surface area (Å²) in [6.45, 7) is 6.72. The van der Waals surface area contributed by atoms with Gasteiger partial charge in [-0.1, -0.05) is 61.5 Å². The second-order valence-electron chi connectivity index (χ2n) is 9.35. The lowest BCUT2D eigenvalue weighted by atomic mass is 9.98. The predicted octanol–water partition coefficient (Wildman–Crippen LogP) is 3.77. The van der Waals surface area contributed by atoms with E-state index in [1.54, 1.807) is 4.90 Å². The molecule has 1 unspecified atom stereocenters. The maximum absolute atomic E-state index is 13.0. The largest absolute Gasteiger partial charge is 0.350 e. The molecule has 2 aliphatic rings. The van der Waals surface area contributed by atoms with Crippen molar-refractivity contribution in [3.63, 3.8) is 0 Å². The van der Waals surface area contributed by atoms with E-state index in [1.165, 1.54) is 24.0 Å². The first kappa shape index (κ1) is 22.5. The Morgan fingerprint density at radius 2 is 1.59 bits per heavy atom. The molecule has 5 nitrogen and oxygen atoms in total. The number of rotatable bonds is 7. The number of nitrogens with zero attached hydrogens (tertiary/aromatic N) is 2. The lowest BCUT2D eigenvalue weighted by Crippen LogP contribution is -2.46. The lowest BCUT2D eigenvalue weighted by molar-refractivity contribution is -0.138. The number of likely N-dealkylation sites (tertiary alicyclic amines) is 2. The highest BCUT2D eigenvalue weighted by atomic mass is 16.2. The molecule has 4 rings (SSSR count). The fourth-order valence-electron chi connectivity index (χ4n) is 4.86. The molecule has 0 bridgehead atoms. The zero-order valence-corrected chi connectivity index (χ0v) is 19.1. The summed E-state index contributed by atoms with van der Waals surface area (Å²) < 4.78 is 0. The van der Waals surface area contributed by atoms with Gasteiger partial charge in [-0.25, -0.2) is 0 Å². The number of nitrogens with one attached hydrogen (secondary N) is 1. The van der Waals surface area contributed by atoms with Crippen LogP contribution in [0, 0.1) is 5.92 Å². The summed E-state index contributed by atoms with van der Waals surface area (Å²) in [4.78, 5) is 30.1. The third kappa shape index (κ3) is 5.77. The molecule has 2 fully saturated rings. The van der Waals surface area contributed by atoms with Crippen LogP contribution >= 0.6 is 0 Å². The summed E-state index contributed by atoms with van der Waals surface area (Å²) in [5, 5.41) is 3.12. The van der Waals surface area contributed by atoms with Crippen LogP contribution in [0.2, 0.25) is 0 Å². The lowest BCUT2D eigenvalue weighted by Gasteiger charge is -2.30. The van der Waals surface area contributed by atoms with E-state index in [0.717, 1.165) is 44.0 Å². The predicted molar refractivity (Wildman–Crippen MR) is 127 cm³/mol. The number of carbonyl (C=O) groups excluding carboxylic acids is 2. The minimum Gasteiger partial charge on any atom is -0.350 e. The van der Waals surface area contributed by atoms with Crippen molar-refractivity contribution in [2.45, 2.75) is 58.2 Å². The maximum atomic E-state index is 13.0. The van der Waals surface area contributed by atoms with Gasteiger partial charge in [-0.05, 0) is 61.4 Å². The molecule has 2 aromatic rings. The van der Waals surface area contributed by atoms with Crippen molar-refractivity contribution < 1.29 is 9.59 Å². The second kappa shape index (κ2) is 10.8. The molecule has 2 aromatic carbocycles. The van der Waals surface area contributed by atoms with Crippen molar-refractivity contribution in [3.05, 3.63) is 71.3 Å². The monoisotopic (exact) mass is 433 g/mol. The van der Waals surface area contributed by atoms with Gasteiger partial charge in [-0.3, -0.25) is 14.5 Å². The van der Waals surface area contributed by atoms with Gasteiger partial charge in [-0.15, -0.1) is 0 Å². The first-order chi connectivity index (χ1) is 15.6. The van der Waals surface area contributed by atoms with Crippen LogP contribution < -0.4 is 5.32 Å². The van der Waals surface area contributed by atoms with E-state index in [9.17, 15) is 9.59 Å². The van der Waals surface area contributed by atoms with Crippen LogP contribution in [0.1, 0.15) is 49.3 Å². The van der Waals surface area contributed by atoms with E-state index in [4.69, 9.17) is 0 Å². The molecule has 0 spiro atoms. The molecular formula is C27H35N3O2. The Balaban J connectivity index is 1.33. The number of carbonyl (C=O) groups is 2. The van der Waals surface area contributed by atoms with Crippen LogP contribution in [0.5, 0.6) is 0 Å². The van der Waals surface area contributed by atoms with Crippen LogP contribution in [0.15, 0.2) is 54.6 Å². The molecule has 170 valence electrons. The van der Waals surface area contributed by atoms with E-state index >= 15 is 0 Å². The summed E-state index contributed by atoms with van der Waals surface area (Å²) in [5.74, 6) is 0.818. The number of hydrogen-bond acceptors (Lipinski definition) is 3. The van der Waals surface area contributed by atoms with E-state index in [-0.39, 0.29) is 17.9 Å². The SMILES string of the molecule is CC1CCN(Cc2ccccc2CNC(=O)C2CCCN2C(=O)Cc2ccccc2)CC1. The number of piperidine rings is 1. The van der Waals surface area contributed by atoms with Gasteiger partial charge in [0.1, 0.15) is 6.04 Å². The summed E-state index contributed by atoms with van der Waals surface area (Å²) in [6, 6.07) is 17.8. The average Bonchev–Trinajstić information content (AvgIpc) is 3.31. The Kier molecular flexibility index (Phi) is 7.59. The van der Waals surface area contributed by atoms with Gasteiger partial charge in [0, 0.05) is 19.6 Å². The van der Waals surface area contributed by atoms with Gasteiger partial charge < -0.3 is 10.2 Å². The molecule has 1 N–H and O–H groups in total. The molecular weight excluding hydrogens is 398 g/mol. The van der Waals surface area contributed by atoms with Crippen molar-refractivity contribution in [3.8, 4) is 0 Å². The standard InChI is InChI=1S/C27H35N3O2/c1-21-13-16-29(17-14-21)20-24-11-6-5-10-23(24)19-28-27(32)25-12-7-15-30(25)26(31)18-22-8-3-2-4-9-22/h2-6,8-11,21,25H,7,12-20H2,1H3,(H,28,32). The molecule has 5 heteroatoms. The van der Waals surface area contributed by atoms with Crippen LogP contribution in [-0.2, 0) is 29.1 Å². The molecule has 2 aliphatic heterocycles. The molecule has 2 amide bonds. The van der Waals surface area contributed by atoms with Gasteiger partial charge in [0.05, 0.1) is 6.42 Å². The third-order valence-electron chi connectivity index (χ3n) is 6.92. The van der Waals surface area contributed by atoms with Crippen LogP contribution in [0.3, 0.4) is 0 Å². The number of hydrogen-bond donors (Lipinski definition) is 1. The van der Waals surface area contributed by atoms with Gasteiger partial charge >= 0.3 is 0 Å². The quantitative estimate of drug-likeness (QED) is 0.723. The Labute approximate surface area is 191 Å². The molecule has 0 radical (unpaired) electrons. The smallest absolute Gasteiger partial charge is 0.243 e. The molecule has 2 heterocycles. The topological polar surface area (TPSA) is 52.7 Å². The molecule has 0 saturated carbocycles. The Hall–Kier alpha value is -2.66. The van der Waals surface area contributed by atoms with Crippen molar-refractivity contribution in [1.82, 2.24) is 15.1 Å². The van der Waals surface area contributed by atoms with Crippen LogP contribution in [-0.4, -0.2) is 47.3 Å². The van der Waals surface area contributed by atoms with Gasteiger partial charge in [0.2, 0.25) is 11.8 Å². The van der Waals surface area contributed by atoms with Crippen molar-refractivity contribution in [2.24, 2.45) is 5.92 Å². The average molecular weight is 434 g/mol. The summed E-state index contributed by atoms with van der Waals surface area (Å²) >= 11 is 0. The van der Waals surface area contributed by atoms with Gasteiger partial charge in [0.15, 0.2) is 0 Å². The zero-order valence-electron chi connectivity index (χ0n) is 19.1. The van der Waals surface area contributed by atoms with Crippen molar-refractivity contribution >= 4 is 11.8 Å². The van der Waals surface area contributed by atoms with Gasteiger partial charge in [-0.2, -0.15) is 0 Å². The van der Waals surface area contributed by atoms with Gasteiger partial charge in [0.25, 0.3) is 0 Å². The number of benzene rings is 2. The molecule has 32 heavy (non-hydrogen) atoms. The normalized spacial score (nSPS) is 19.8. The summed E-state index contributed by atoms with van der Waals surface area (Å²) in [7, 11) is 0. The highest BCUT2D eigenvalue weighted by Crippen LogP contribution is 2.21. The fraction of sp³-hybridized carbons (Fsp3) is 0.481. The first-order valence-corrected chi connectivity index (χ1v) is 12.0. The molecule has 0 aromatic heterocycles. The van der Waals surface area contributed by atoms with Crippen LogP contribution in [0.25, 0.3) is 0 Å². The van der Waals surface area contributed by atoms with E-state index in [2.05, 4.69) is 35.3 Å². The minimum absolute atomic E-state index is 0.0357. The molecule has 0 aliphatic carbocycles. The highest BCUT2D eigenvalue weighted by Gasteiger charge is 2.33. The maximum Gasteiger partial charge on any atom is 0.243 e. The molecule has 2 saturated heterocycles. The second-order valence-corrected chi connectivity index (χ2v) is 9.35. The fourth-order valence-corrected chi connectivity index (χ4v) is 4.86. The Morgan fingerprint density at radius 1 is 0.906 bits per heavy atom. The van der Waals surface area contributed by atoms with E-state index < -0.39 is 0 Å². The highest BCUT2D eigenvalue weighted by molar-refractivity contribution is 5.89. The summed E-state index contributed by atoms with van der Waals surface area (Å²) in [6.07, 6.45) is 4.48. The Bertz CT molecular complexity index is 906. The van der Waals surface area contributed by atoms with E-state index in [0.29, 0.717) is 19.5 Å². The molecule has 1 atom stereocenters. The van der Waals surface area contributed by atoms with Crippen molar-refractivity contribution in [1.29, 1.82) is 0 Å². The first-order valence-electron chi connectivity index (χ1n) is 12.0. The Morgan fingerprint density at radius 3 is 2.34 bits per heavy atom. The van der Waals surface area contributed by atoms with Crippen molar-refractivity contribution in [2.75, 3.05) is 19.6 Å². The third-order valence-corrected chi connectivity index (χ3v) is 6.92. The summed E-state index contributed by atoms with van der Waals surface area (Å²) in [5.41, 5.74) is 3.44. The van der Waals surface area contributed by atoms with Crippen LogP contribution in [0.4, 0.5) is 0 Å². The number of amides is 2. The zero-order chi connectivity index (χ0) is 22.3.